The van der Waals surface area contributed by atoms with E-state index in [0.717, 1.165) is 39.0 Å². The normalized spacial score (nSPS) is 15.2. The van der Waals surface area contributed by atoms with E-state index in [9.17, 15) is 4.79 Å². The summed E-state index contributed by atoms with van der Waals surface area (Å²) in [5.41, 5.74) is 2.69. The first-order valence-electron chi connectivity index (χ1n) is 9.52. The van der Waals surface area contributed by atoms with Crippen LogP contribution in [0.15, 0.2) is 60.7 Å². The van der Waals surface area contributed by atoms with Crippen LogP contribution >= 0.6 is 0 Å². The summed E-state index contributed by atoms with van der Waals surface area (Å²) in [4.78, 5) is 16.6. The molecule has 0 radical (unpaired) electrons. The molecule has 1 heterocycles. The average molecular weight is 351 g/mol. The number of piperidine rings is 1. The van der Waals surface area contributed by atoms with Gasteiger partial charge in [0.25, 0.3) is 0 Å². The molecule has 1 fully saturated rings. The highest BCUT2D eigenvalue weighted by atomic mass is 16.2. The highest BCUT2D eigenvalue weighted by molar-refractivity contribution is 5.74. The largest absolute Gasteiger partial charge is 0.337 e. The Bertz CT molecular complexity index is 666. The summed E-state index contributed by atoms with van der Waals surface area (Å²) in [5, 5.41) is 3.07. The van der Waals surface area contributed by atoms with Crippen molar-refractivity contribution in [2.75, 3.05) is 33.2 Å². The molecule has 1 saturated heterocycles. The molecule has 1 aliphatic heterocycles. The van der Waals surface area contributed by atoms with Crippen molar-refractivity contribution in [3.8, 4) is 0 Å². The SMILES string of the molecule is CN(CCNC(=O)N1CCC(c2ccccc2)CC1)Cc1ccccc1. The smallest absolute Gasteiger partial charge is 0.317 e. The van der Waals surface area contributed by atoms with Gasteiger partial charge in [-0.1, -0.05) is 60.7 Å². The van der Waals surface area contributed by atoms with Crippen LogP contribution in [-0.4, -0.2) is 49.1 Å². The Labute approximate surface area is 156 Å². The molecule has 2 aromatic rings. The van der Waals surface area contributed by atoms with Crippen molar-refractivity contribution in [3.63, 3.8) is 0 Å². The summed E-state index contributed by atoms with van der Waals surface area (Å²) in [5.74, 6) is 0.581. The minimum absolute atomic E-state index is 0.0737. The van der Waals surface area contributed by atoms with E-state index >= 15 is 0 Å². The fourth-order valence-corrected chi connectivity index (χ4v) is 3.58. The van der Waals surface area contributed by atoms with Crippen molar-refractivity contribution in [2.45, 2.75) is 25.3 Å². The molecule has 1 N–H and O–H groups in total. The standard InChI is InChI=1S/C22H29N3O/c1-24(18-19-8-4-2-5-9-19)17-14-23-22(26)25-15-12-21(13-16-25)20-10-6-3-7-11-20/h2-11,21H,12-18H2,1H3,(H,23,26). The van der Waals surface area contributed by atoms with Gasteiger partial charge in [-0.3, -0.25) is 0 Å². The maximum absolute atomic E-state index is 12.4. The minimum Gasteiger partial charge on any atom is -0.337 e. The number of nitrogens with one attached hydrogen (secondary N) is 1. The third-order valence-corrected chi connectivity index (χ3v) is 5.12. The van der Waals surface area contributed by atoms with Gasteiger partial charge in [0.2, 0.25) is 0 Å². The molecule has 1 aliphatic rings. The molecule has 3 rings (SSSR count). The molecule has 138 valence electrons. The lowest BCUT2D eigenvalue weighted by atomic mass is 9.90. The maximum Gasteiger partial charge on any atom is 0.317 e. The summed E-state index contributed by atoms with van der Waals surface area (Å²) < 4.78 is 0. The first-order valence-corrected chi connectivity index (χ1v) is 9.52. The fraction of sp³-hybridized carbons (Fsp3) is 0.409. The Morgan fingerprint density at radius 2 is 1.65 bits per heavy atom. The van der Waals surface area contributed by atoms with Crippen molar-refractivity contribution in [3.05, 3.63) is 71.8 Å². The van der Waals surface area contributed by atoms with Gasteiger partial charge in [-0.05, 0) is 36.9 Å². The van der Waals surface area contributed by atoms with Crippen molar-refractivity contribution >= 4 is 6.03 Å². The summed E-state index contributed by atoms with van der Waals surface area (Å²) in [6, 6.07) is 21.1. The van der Waals surface area contributed by atoms with Crippen LogP contribution in [0, 0.1) is 0 Å². The molecule has 0 spiro atoms. The lowest BCUT2D eigenvalue weighted by Crippen LogP contribution is -2.45. The molecular formula is C22H29N3O. The topological polar surface area (TPSA) is 35.6 Å². The van der Waals surface area contributed by atoms with E-state index in [2.05, 4.69) is 71.9 Å². The van der Waals surface area contributed by atoms with E-state index in [0.29, 0.717) is 12.5 Å². The van der Waals surface area contributed by atoms with Crippen LogP contribution in [0.2, 0.25) is 0 Å². The van der Waals surface area contributed by atoms with Crippen LogP contribution in [0.4, 0.5) is 4.79 Å². The van der Waals surface area contributed by atoms with Crippen LogP contribution in [0.5, 0.6) is 0 Å². The molecule has 0 unspecified atom stereocenters. The van der Waals surface area contributed by atoms with Gasteiger partial charge in [0, 0.05) is 32.7 Å². The lowest BCUT2D eigenvalue weighted by Gasteiger charge is -2.32. The molecule has 26 heavy (non-hydrogen) atoms. The molecule has 2 amide bonds. The molecule has 0 atom stereocenters. The number of carbonyl (C=O) groups excluding carboxylic acids is 1. The molecule has 4 nitrogen and oxygen atoms in total. The summed E-state index contributed by atoms with van der Waals surface area (Å²) in [6.07, 6.45) is 2.09. The van der Waals surface area contributed by atoms with E-state index in [4.69, 9.17) is 0 Å². The molecule has 0 saturated carbocycles. The third kappa shape index (κ3) is 5.33. The van der Waals surface area contributed by atoms with E-state index in [-0.39, 0.29) is 6.03 Å². The molecular weight excluding hydrogens is 322 g/mol. The Balaban J connectivity index is 1.35. The highest BCUT2D eigenvalue weighted by Gasteiger charge is 2.23. The van der Waals surface area contributed by atoms with Crippen LogP contribution < -0.4 is 5.32 Å². The zero-order valence-electron chi connectivity index (χ0n) is 15.6. The predicted molar refractivity (Wildman–Crippen MR) is 106 cm³/mol. The number of hydrogen-bond acceptors (Lipinski definition) is 2. The Kier molecular flexibility index (Phi) is 6.67. The van der Waals surface area contributed by atoms with Gasteiger partial charge in [-0.2, -0.15) is 0 Å². The van der Waals surface area contributed by atoms with Crippen molar-refractivity contribution in [1.29, 1.82) is 0 Å². The molecule has 0 aromatic heterocycles. The van der Waals surface area contributed by atoms with Crippen LogP contribution in [-0.2, 0) is 6.54 Å². The van der Waals surface area contributed by atoms with E-state index in [1.165, 1.54) is 11.1 Å². The number of carbonyl (C=O) groups is 1. The van der Waals surface area contributed by atoms with E-state index in [1.54, 1.807) is 0 Å². The van der Waals surface area contributed by atoms with Crippen molar-refractivity contribution in [2.24, 2.45) is 0 Å². The zero-order valence-corrected chi connectivity index (χ0v) is 15.6. The number of nitrogens with zero attached hydrogens (tertiary/aromatic N) is 2. The zero-order chi connectivity index (χ0) is 18.2. The van der Waals surface area contributed by atoms with Crippen LogP contribution in [0.3, 0.4) is 0 Å². The summed E-state index contributed by atoms with van der Waals surface area (Å²) >= 11 is 0. The number of hydrogen-bond donors (Lipinski definition) is 1. The first kappa shape index (κ1) is 18.5. The van der Waals surface area contributed by atoms with E-state index < -0.39 is 0 Å². The number of benzene rings is 2. The van der Waals surface area contributed by atoms with Gasteiger partial charge in [0.1, 0.15) is 0 Å². The Morgan fingerprint density at radius 1 is 1.04 bits per heavy atom. The Morgan fingerprint density at radius 3 is 2.31 bits per heavy atom. The average Bonchev–Trinajstić information content (AvgIpc) is 2.69. The fourth-order valence-electron chi connectivity index (χ4n) is 3.58. The maximum atomic E-state index is 12.4. The second-order valence-electron chi connectivity index (χ2n) is 7.13. The van der Waals surface area contributed by atoms with Crippen molar-refractivity contribution in [1.82, 2.24) is 15.1 Å². The van der Waals surface area contributed by atoms with E-state index in [1.807, 2.05) is 11.0 Å². The Hall–Kier alpha value is -2.33. The van der Waals surface area contributed by atoms with Gasteiger partial charge in [-0.15, -0.1) is 0 Å². The predicted octanol–water partition coefficient (Wildman–Crippen LogP) is 3.71. The summed E-state index contributed by atoms with van der Waals surface area (Å²) in [6.45, 7) is 4.11. The second kappa shape index (κ2) is 9.39. The first-order chi connectivity index (χ1) is 12.7. The molecule has 4 heteroatoms. The highest BCUT2D eigenvalue weighted by Crippen LogP contribution is 2.27. The second-order valence-corrected chi connectivity index (χ2v) is 7.13. The van der Waals surface area contributed by atoms with Gasteiger partial charge < -0.3 is 15.1 Å². The summed E-state index contributed by atoms with van der Waals surface area (Å²) in [7, 11) is 2.09. The van der Waals surface area contributed by atoms with Gasteiger partial charge in [0.05, 0.1) is 0 Å². The van der Waals surface area contributed by atoms with Crippen LogP contribution in [0.25, 0.3) is 0 Å². The lowest BCUT2D eigenvalue weighted by molar-refractivity contribution is 0.180. The van der Waals surface area contributed by atoms with Crippen molar-refractivity contribution < 1.29 is 4.79 Å². The van der Waals surface area contributed by atoms with Crippen LogP contribution in [0.1, 0.15) is 29.9 Å². The van der Waals surface area contributed by atoms with Gasteiger partial charge in [0.15, 0.2) is 0 Å². The third-order valence-electron chi connectivity index (χ3n) is 5.12. The number of amides is 2. The molecule has 2 aromatic carbocycles. The number of likely N-dealkylation sites (N-methyl/N-ethyl adjacent to an activating group) is 1. The molecule has 0 aliphatic carbocycles. The van der Waals surface area contributed by atoms with Gasteiger partial charge >= 0.3 is 6.03 Å². The quantitative estimate of drug-likeness (QED) is 0.861. The number of rotatable bonds is 6. The van der Waals surface area contributed by atoms with Gasteiger partial charge in [-0.25, -0.2) is 4.79 Å². The minimum atomic E-state index is 0.0737. The molecule has 0 bridgehead atoms. The monoisotopic (exact) mass is 351 g/mol. The number of likely N-dealkylation sites (tertiary alicyclic amines) is 1. The number of urea groups is 1.